The number of hydrogen-bond acceptors (Lipinski definition) is 3. The van der Waals surface area contributed by atoms with Crippen LogP contribution in [-0.4, -0.2) is 41.5 Å². The maximum atomic E-state index is 13.0. The maximum Gasteiger partial charge on any atom is 0.416 e. The number of carbonyl (C=O) groups is 2. The molecular formula is C16H19F3N2O3. The van der Waals surface area contributed by atoms with Crippen LogP contribution in [0.4, 0.5) is 18.9 Å². The molecule has 0 bridgehead atoms. The van der Waals surface area contributed by atoms with Gasteiger partial charge in [0.2, 0.25) is 5.91 Å². The van der Waals surface area contributed by atoms with E-state index in [1.54, 1.807) is 0 Å². The van der Waals surface area contributed by atoms with Crippen molar-refractivity contribution in [1.29, 1.82) is 0 Å². The number of hydrogen-bond donors (Lipinski definition) is 2. The van der Waals surface area contributed by atoms with Crippen molar-refractivity contribution in [2.24, 2.45) is 5.92 Å². The van der Waals surface area contributed by atoms with Gasteiger partial charge in [-0.05, 0) is 37.0 Å². The van der Waals surface area contributed by atoms with E-state index in [2.05, 4.69) is 5.32 Å². The first-order valence-corrected chi connectivity index (χ1v) is 7.60. The Morgan fingerprint density at radius 3 is 2.38 bits per heavy atom. The van der Waals surface area contributed by atoms with Gasteiger partial charge in [0.15, 0.2) is 0 Å². The molecule has 0 aliphatic carbocycles. The molecule has 5 nitrogen and oxygen atoms in total. The molecule has 0 spiro atoms. The lowest BCUT2D eigenvalue weighted by Crippen LogP contribution is -2.39. The van der Waals surface area contributed by atoms with Crippen LogP contribution in [0, 0.1) is 5.92 Å². The maximum absolute atomic E-state index is 13.0. The highest BCUT2D eigenvalue weighted by Gasteiger charge is 2.33. The number of aliphatic hydroxyl groups excluding tert-OH is 1. The zero-order valence-corrected chi connectivity index (χ0v) is 13.2. The number of rotatable bonds is 3. The normalized spacial score (nSPS) is 16.1. The Morgan fingerprint density at radius 1 is 1.25 bits per heavy atom. The van der Waals surface area contributed by atoms with Crippen LogP contribution in [-0.2, 0) is 11.0 Å². The van der Waals surface area contributed by atoms with Crippen LogP contribution in [0.5, 0.6) is 0 Å². The summed E-state index contributed by atoms with van der Waals surface area (Å²) in [6.45, 7) is 1.99. The number of likely N-dealkylation sites (tertiary alicyclic amines) is 1. The van der Waals surface area contributed by atoms with Crippen LogP contribution < -0.4 is 5.32 Å². The largest absolute Gasteiger partial charge is 0.416 e. The Hall–Kier alpha value is -2.09. The Labute approximate surface area is 137 Å². The minimum absolute atomic E-state index is 0.0399. The number of nitrogens with one attached hydrogen (secondary N) is 1. The monoisotopic (exact) mass is 344 g/mol. The zero-order chi connectivity index (χ0) is 17.9. The number of halogens is 3. The summed E-state index contributed by atoms with van der Waals surface area (Å²) in [5, 5.41) is 11.4. The highest BCUT2D eigenvalue weighted by molar-refractivity contribution is 5.97. The molecule has 1 heterocycles. The average molecular weight is 344 g/mol. The van der Waals surface area contributed by atoms with Crippen molar-refractivity contribution in [1.82, 2.24) is 4.90 Å². The van der Waals surface area contributed by atoms with Gasteiger partial charge in [-0.2, -0.15) is 13.2 Å². The molecule has 0 saturated carbocycles. The summed E-state index contributed by atoms with van der Waals surface area (Å²) in [7, 11) is 0. The Balaban J connectivity index is 2.27. The first-order chi connectivity index (χ1) is 11.2. The fourth-order valence-corrected chi connectivity index (χ4v) is 2.69. The van der Waals surface area contributed by atoms with Crippen LogP contribution in [0.15, 0.2) is 18.2 Å². The van der Waals surface area contributed by atoms with Crippen molar-refractivity contribution < 1.29 is 27.9 Å². The predicted octanol–water partition coefficient (Wildman–Crippen LogP) is 2.51. The number of anilines is 1. The second-order valence-corrected chi connectivity index (χ2v) is 5.90. The molecule has 2 rings (SSSR count). The van der Waals surface area contributed by atoms with Gasteiger partial charge in [-0.1, -0.05) is 0 Å². The summed E-state index contributed by atoms with van der Waals surface area (Å²) in [6.07, 6.45) is -3.40. The molecule has 1 aliphatic heterocycles. The SMILES string of the molecule is CC(=O)Nc1cc(C(=O)N2CCC(CO)CC2)cc(C(F)(F)F)c1. The van der Waals surface area contributed by atoms with Gasteiger partial charge in [0, 0.05) is 37.9 Å². The van der Waals surface area contributed by atoms with Crippen molar-refractivity contribution in [3.05, 3.63) is 29.3 Å². The van der Waals surface area contributed by atoms with E-state index in [0.29, 0.717) is 25.9 Å². The van der Waals surface area contributed by atoms with Crippen molar-refractivity contribution in [2.45, 2.75) is 25.9 Å². The molecule has 1 aliphatic rings. The van der Waals surface area contributed by atoms with Crippen LogP contribution in [0.25, 0.3) is 0 Å². The second-order valence-electron chi connectivity index (χ2n) is 5.90. The van der Waals surface area contributed by atoms with Gasteiger partial charge in [0.1, 0.15) is 0 Å². The number of benzene rings is 1. The van der Waals surface area contributed by atoms with E-state index >= 15 is 0 Å². The molecule has 0 unspecified atom stereocenters. The van der Waals surface area contributed by atoms with Gasteiger partial charge < -0.3 is 15.3 Å². The molecule has 1 aromatic carbocycles. The third-order valence-electron chi connectivity index (χ3n) is 3.99. The lowest BCUT2D eigenvalue weighted by Gasteiger charge is -2.31. The first kappa shape index (κ1) is 18.3. The number of piperidine rings is 1. The van der Waals surface area contributed by atoms with Gasteiger partial charge in [0.25, 0.3) is 5.91 Å². The van der Waals surface area contributed by atoms with E-state index in [1.165, 1.54) is 17.9 Å². The number of carbonyl (C=O) groups excluding carboxylic acids is 2. The molecule has 0 atom stereocenters. The van der Waals surface area contributed by atoms with Gasteiger partial charge in [-0.15, -0.1) is 0 Å². The van der Waals surface area contributed by atoms with Crippen molar-refractivity contribution in [3.63, 3.8) is 0 Å². The highest BCUT2D eigenvalue weighted by atomic mass is 19.4. The minimum Gasteiger partial charge on any atom is -0.396 e. The first-order valence-electron chi connectivity index (χ1n) is 7.60. The lowest BCUT2D eigenvalue weighted by atomic mass is 9.97. The molecule has 1 fully saturated rings. The van der Waals surface area contributed by atoms with E-state index in [1.807, 2.05) is 0 Å². The summed E-state index contributed by atoms with van der Waals surface area (Å²) in [5.41, 5.74) is -1.16. The third kappa shape index (κ3) is 4.47. The molecular weight excluding hydrogens is 325 g/mol. The van der Waals surface area contributed by atoms with Gasteiger partial charge >= 0.3 is 6.18 Å². The zero-order valence-electron chi connectivity index (χ0n) is 13.2. The minimum atomic E-state index is -4.62. The Morgan fingerprint density at radius 2 is 1.88 bits per heavy atom. The van der Waals surface area contributed by atoms with Crippen LogP contribution in [0.1, 0.15) is 35.7 Å². The quantitative estimate of drug-likeness (QED) is 0.885. The van der Waals surface area contributed by atoms with E-state index in [4.69, 9.17) is 5.11 Å². The smallest absolute Gasteiger partial charge is 0.396 e. The number of aliphatic hydroxyl groups is 1. The molecule has 24 heavy (non-hydrogen) atoms. The fraction of sp³-hybridized carbons (Fsp3) is 0.500. The number of alkyl halides is 3. The van der Waals surface area contributed by atoms with Crippen LogP contribution in [0.2, 0.25) is 0 Å². The fourth-order valence-electron chi connectivity index (χ4n) is 2.69. The van der Waals surface area contributed by atoms with Gasteiger partial charge in [-0.25, -0.2) is 0 Å². The van der Waals surface area contributed by atoms with Gasteiger partial charge in [0.05, 0.1) is 5.56 Å². The van der Waals surface area contributed by atoms with Crippen molar-refractivity contribution >= 4 is 17.5 Å². The summed E-state index contributed by atoms with van der Waals surface area (Å²) in [4.78, 5) is 25.1. The van der Waals surface area contributed by atoms with E-state index in [0.717, 1.165) is 12.1 Å². The number of nitrogens with zero attached hydrogens (tertiary/aromatic N) is 1. The topological polar surface area (TPSA) is 69.6 Å². The summed E-state index contributed by atoms with van der Waals surface area (Å²) in [6, 6.07) is 2.85. The summed E-state index contributed by atoms with van der Waals surface area (Å²) in [5.74, 6) is -0.911. The number of amides is 2. The molecule has 0 radical (unpaired) electrons. The highest BCUT2D eigenvalue weighted by Crippen LogP contribution is 2.32. The third-order valence-corrected chi connectivity index (χ3v) is 3.99. The van der Waals surface area contributed by atoms with Crippen LogP contribution >= 0.6 is 0 Å². The summed E-state index contributed by atoms with van der Waals surface area (Å²) >= 11 is 0. The van der Waals surface area contributed by atoms with Crippen LogP contribution in [0.3, 0.4) is 0 Å². The molecule has 2 amide bonds. The van der Waals surface area contributed by atoms with Crippen molar-refractivity contribution in [3.8, 4) is 0 Å². The second kappa shape index (κ2) is 7.21. The van der Waals surface area contributed by atoms with E-state index < -0.39 is 23.6 Å². The lowest BCUT2D eigenvalue weighted by molar-refractivity contribution is -0.137. The van der Waals surface area contributed by atoms with E-state index in [9.17, 15) is 22.8 Å². The standard InChI is InChI=1S/C16H19F3N2O3/c1-10(23)20-14-7-12(6-13(8-14)16(17,18)19)15(24)21-4-2-11(9-22)3-5-21/h6-8,11,22H,2-5,9H2,1H3,(H,20,23). The predicted molar refractivity (Wildman–Crippen MR) is 81.5 cm³/mol. The molecule has 0 aromatic heterocycles. The molecule has 1 aromatic rings. The molecule has 8 heteroatoms. The molecule has 132 valence electrons. The Kier molecular flexibility index (Phi) is 5.48. The molecule has 2 N–H and O–H groups in total. The average Bonchev–Trinajstić information content (AvgIpc) is 2.52. The van der Waals surface area contributed by atoms with Crippen molar-refractivity contribution in [2.75, 3.05) is 25.0 Å². The Bertz CT molecular complexity index is 623. The van der Waals surface area contributed by atoms with E-state index in [-0.39, 0.29) is 23.8 Å². The van der Waals surface area contributed by atoms with Gasteiger partial charge in [-0.3, -0.25) is 9.59 Å². The molecule has 1 saturated heterocycles. The summed E-state index contributed by atoms with van der Waals surface area (Å²) < 4.78 is 39.1.